The lowest BCUT2D eigenvalue weighted by atomic mass is 10.2. The van der Waals surface area contributed by atoms with Gasteiger partial charge in [0.25, 0.3) is 11.5 Å². The van der Waals surface area contributed by atoms with Gasteiger partial charge in [-0.25, -0.2) is 13.8 Å². The lowest BCUT2D eigenvalue weighted by molar-refractivity contribution is 0.102. The summed E-state index contributed by atoms with van der Waals surface area (Å²) in [5.41, 5.74) is 0.848. The Labute approximate surface area is 168 Å². The van der Waals surface area contributed by atoms with E-state index in [9.17, 15) is 18.4 Å². The highest BCUT2D eigenvalue weighted by molar-refractivity contribution is 6.04. The number of rotatable bonds is 4. The van der Waals surface area contributed by atoms with Crippen LogP contribution in [0.1, 0.15) is 21.6 Å². The van der Waals surface area contributed by atoms with Gasteiger partial charge in [-0.05, 0) is 44.2 Å². The van der Waals surface area contributed by atoms with E-state index in [1.807, 2.05) is 0 Å². The first-order valence-electron chi connectivity index (χ1n) is 8.81. The van der Waals surface area contributed by atoms with Crippen molar-refractivity contribution in [2.75, 3.05) is 5.32 Å². The molecule has 0 saturated carbocycles. The van der Waals surface area contributed by atoms with Gasteiger partial charge >= 0.3 is 0 Å². The summed E-state index contributed by atoms with van der Waals surface area (Å²) in [5, 5.41) is 6.93. The van der Waals surface area contributed by atoms with Crippen molar-refractivity contribution in [3.05, 3.63) is 81.5 Å². The number of halogens is 2. The molecule has 0 bridgehead atoms. The summed E-state index contributed by atoms with van der Waals surface area (Å²) in [6.07, 6.45) is 1.46. The number of carbonyl (C=O) groups is 1. The van der Waals surface area contributed by atoms with Gasteiger partial charge in [0, 0.05) is 22.9 Å². The van der Waals surface area contributed by atoms with Crippen LogP contribution < -0.4 is 10.9 Å². The molecule has 0 spiro atoms. The second-order valence-electron chi connectivity index (χ2n) is 6.49. The molecular weight excluding hydrogens is 396 g/mol. The zero-order valence-corrected chi connectivity index (χ0v) is 15.9. The van der Waals surface area contributed by atoms with Crippen molar-refractivity contribution in [2.45, 2.75) is 13.8 Å². The number of nitrogens with one attached hydrogen (secondary N) is 2. The number of benzene rings is 1. The Bertz CT molecular complexity index is 1310. The van der Waals surface area contributed by atoms with E-state index in [2.05, 4.69) is 20.4 Å². The standard InChI is InChI=1S/C20H15F2N5O3/c1-10-11(2)23-20(25-18(10)28)27-17(9-15(26-27)16-4-3-7-30-16)24-19(29)12-5-6-13(21)14(22)8-12/h3-9H,1-2H3,(H,24,29)(H,23,25,28). The smallest absolute Gasteiger partial charge is 0.256 e. The molecule has 0 atom stereocenters. The summed E-state index contributed by atoms with van der Waals surface area (Å²) in [5.74, 6) is -2.28. The van der Waals surface area contributed by atoms with Crippen molar-refractivity contribution in [3.8, 4) is 17.4 Å². The van der Waals surface area contributed by atoms with Crippen molar-refractivity contribution in [2.24, 2.45) is 0 Å². The molecule has 30 heavy (non-hydrogen) atoms. The van der Waals surface area contributed by atoms with E-state index >= 15 is 0 Å². The lowest BCUT2D eigenvalue weighted by Gasteiger charge is -2.09. The van der Waals surface area contributed by atoms with Crippen molar-refractivity contribution in [1.29, 1.82) is 0 Å². The molecule has 1 aromatic carbocycles. The van der Waals surface area contributed by atoms with Gasteiger partial charge in [-0.1, -0.05) is 0 Å². The van der Waals surface area contributed by atoms with E-state index < -0.39 is 17.5 Å². The molecule has 4 rings (SSSR count). The molecular formula is C20H15F2N5O3. The molecule has 3 heterocycles. The number of hydrogen-bond acceptors (Lipinski definition) is 5. The van der Waals surface area contributed by atoms with Crippen LogP contribution in [0.5, 0.6) is 0 Å². The average molecular weight is 411 g/mol. The molecule has 0 aliphatic heterocycles. The van der Waals surface area contributed by atoms with Crippen LogP contribution in [0.4, 0.5) is 14.6 Å². The minimum atomic E-state index is -1.15. The van der Waals surface area contributed by atoms with Gasteiger partial charge < -0.3 is 9.73 Å². The van der Waals surface area contributed by atoms with Crippen LogP contribution in [0, 0.1) is 25.5 Å². The maximum atomic E-state index is 13.5. The van der Waals surface area contributed by atoms with Crippen LogP contribution in [0.3, 0.4) is 0 Å². The van der Waals surface area contributed by atoms with Gasteiger partial charge in [-0.3, -0.25) is 14.6 Å². The zero-order valence-electron chi connectivity index (χ0n) is 15.9. The SMILES string of the molecule is Cc1nc(-n2nc(-c3ccco3)cc2NC(=O)c2ccc(F)c(F)c2)[nH]c(=O)c1C. The Morgan fingerprint density at radius 2 is 1.97 bits per heavy atom. The maximum absolute atomic E-state index is 13.5. The van der Waals surface area contributed by atoms with Crippen LogP contribution in [-0.4, -0.2) is 25.7 Å². The van der Waals surface area contributed by atoms with Crippen molar-refractivity contribution in [1.82, 2.24) is 19.7 Å². The normalized spacial score (nSPS) is 10.9. The van der Waals surface area contributed by atoms with Gasteiger partial charge in [0.15, 0.2) is 17.4 Å². The summed E-state index contributed by atoms with van der Waals surface area (Å²) in [4.78, 5) is 31.7. The quantitative estimate of drug-likeness (QED) is 0.536. The first-order chi connectivity index (χ1) is 14.3. The molecule has 4 aromatic rings. The Hall–Kier alpha value is -4.08. The van der Waals surface area contributed by atoms with Crippen LogP contribution >= 0.6 is 0 Å². The maximum Gasteiger partial charge on any atom is 0.256 e. The monoisotopic (exact) mass is 411 g/mol. The fourth-order valence-corrected chi connectivity index (χ4v) is 2.73. The van der Waals surface area contributed by atoms with Crippen LogP contribution in [0.25, 0.3) is 17.4 Å². The zero-order chi connectivity index (χ0) is 21.4. The molecule has 2 N–H and O–H groups in total. The van der Waals surface area contributed by atoms with E-state index in [1.54, 1.807) is 26.0 Å². The first-order valence-corrected chi connectivity index (χ1v) is 8.81. The Balaban J connectivity index is 1.79. The van der Waals surface area contributed by atoms with Crippen molar-refractivity contribution >= 4 is 11.7 Å². The van der Waals surface area contributed by atoms with Crippen molar-refractivity contribution < 1.29 is 18.0 Å². The fourth-order valence-electron chi connectivity index (χ4n) is 2.73. The molecule has 152 valence electrons. The van der Waals surface area contributed by atoms with Gasteiger partial charge in [0.05, 0.1) is 6.26 Å². The minimum Gasteiger partial charge on any atom is -0.463 e. The predicted octanol–water partition coefficient (Wildman–Crippen LogP) is 3.36. The van der Waals surface area contributed by atoms with E-state index in [4.69, 9.17) is 4.42 Å². The van der Waals surface area contributed by atoms with Gasteiger partial charge in [-0.15, -0.1) is 0 Å². The molecule has 8 nitrogen and oxygen atoms in total. The second kappa shape index (κ2) is 7.39. The number of aromatic nitrogens is 4. The van der Waals surface area contributed by atoms with Crippen LogP contribution in [0.15, 0.2) is 51.9 Å². The lowest BCUT2D eigenvalue weighted by Crippen LogP contribution is -2.21. The highest BCUT2D eigenvalue weighted by Crippen LogP contribution is 2.24. The van der Waals surface area contributed by atoms with Crippen molar-refractivity contribution in [3.63, 3.8) is 0 Å². The number of furan rings is 1. The second-order valence-corrected chi connectivity index (χ2v) is 6.49. The molecule has 1 amide bonds. The third-order valence-corrected chi connectivity index (χ3v) is 4.49. The molecule has 0 aliphatic rings. The van der Waals surface area contributed by atoms with E-state index in [0.29, 0.717) is 22.7 Å². The third kappa shape index (κ3) is 3.50. The topological polar surface area (TPSA) is 106 Å². The molecule has 0 saturated heterocycles. The Kier molecular flexibility index (Phi) is 4.74. The van der Waals surface area contributed by atoms with Gasteiger partial charge in [0.1, 0.15) is 11.5 Å². The number of H-pyrrole nitrogens is 1. The molecule has 0 aliphatic carbocycles. The summed E-state index contributed by atoms with van der Waals surface area (Å²) >= 11 is 0. The Morgan fingerprint density at radius 3 is 2.63 bits per heavy atom. The van der Waals surface area contributed by atoms with Gasteiger partial charge in [-0.2, -0.15) is 9.78 Å². The largest absolute Gasteiger partial charge is 0.463 e. The van der Waals surface area contributed by atoms with E-state index in [1.165, 1.54) is 17.0 Å². The van der Waals surface area contributed by atoms with Crippen LogP contribution in [-0.2, 0) is 0 Å². The number of anilines is 1. The summed E-state index contributed by atoms with van der Waals surface area (Å²) in [7, 11) is 0. The molecule has 0 unspecified atom stereocenters. The fraction of sp³-hybridized carbons (Fsp3) is 0.100. The number of aryl methyl sites for hydroxylation is 1. The summed E-state index contributed by atoms with van der Waals surface area (Å²) in [6, 6.07) is 7.64. The highest BCUT2D eigenvalue weighted by atomic mass is 19.2. The molecule has 3 aromatic heterocycles. The van der Waals surface area contributed by atoms with Gasteiger partial charge in [0.2, 0.25) is 5.95 Å². The number of hydrogen-bond donors (Lipinski definition) is 2. The highest BCUT2D eigenvalue weighted by Gasteiger charge is 2.19. The predicted molar refractivity (Wildman–Crippen MR) is 103 cm³/mol. The number of aromatic amines is 1. The number of carbonyl (C=O) groups excluding carboxylic acids is 1. The average Bonchev–Trinajstić information content (AvgIpc) is 3.37. The van der Waals surface area contributed by atoms with E-state index in [-0.39, 0.29) is 22.9 Å². The summed E-state index contributed by atoms with van der Waals surface area (Å²) in [6.45, 7) is 3.30. The third-order valence-electron chi connectivity index (χ3n) is 4.49. The van der Waals surface area contributed by atoms with Crippen LogP contribution in [0.2, 0.25) is 0 Å². The minimum absolute atomic E-state index is 0.0708. The molecule has 10 heteroatoms. The Morgan fingerprint density at radius 1 is 1.17 bits per heavy atom. The summed E-state index contributed by atoms with van der Waals surface area (Å²) < 4.78 is 33.2. The molecule has 0 radical (unpaired) electrons. The molecule has 0 fully saturated rings. The number of amides is 1. The first kappa shape index (κ1) is 19.2. The number of nitrogens with zero attached hydrogens (tertiary/aromatic N) is 3. The van der Waals surface area contributed by atoms with E-state index in [0.717, 1.165) is 18.2 Å².